The van der Waals surface area contributed by atoms with Crippen molar-refractivity contribution in [1.29, 1.82) is 0 Å². The fourth-order valence-electron chi connectivity index (χ4n) is 4.13. The quantitative estimate of drug-likeness (QED) is 0.540. The number of hydrogen-bond acceptors (Lipinski definition) is 5. The second-order valence-electron chi connectivity index (χ2n) is 9.05. The van der Waals surface area contributed by atoms with E-state index in [0.717, 1.165) is 35.4 Å². The first-order valence-electron chi connectivity index (χ1n) is 11.9. The number of carbonyl (C=O) groups excluding carboxylic acids is 2. The molecule has 182 valence electrons. The molecule has 0 radical (unpaired) electrons. The highest BCUT2D eigenvalue weighted by Gasteiger charge is 2.26. The third kappa shape index (κ3) is 5.56. The van der Waals surface area contributed by atoms with Gasteiger partial charge in [0.05, 0.1) is 17.9 Å². The zero-order valence-corrected chi connectivity index (χ0v) is 19.6. The summed E-state index contributed by atoms with van der Waals surface area (Å²) < 4.78 is 13.6. The van der Waals surface area contributed by atoms with E-state index in [0.29, 0.717) is 43.3 Å². The van der Waals surface area contributed by atoms with Crippen LogP contribution in [0.3, 0.4) is 0 Å². The normalized spacial score (nSPS) is 16.1. The van der Waals surface area contributed by atoms with E-state index in [1.54, 1.807) is 27.9 Å². The van der Waals surface area contributed by atoms with Crippen LogP contribution >= 0.6 is 0 Å². The van der Waals surface area contributed by atoms with Gasteiger partial charge in [0.1, 0.15) is 17.6 Å². The van der Waals surface area contributed by atoms with E-state index in [4.69, 9.17) is 15.2 Å². The Bertz CT molecular complexity index is 1210. The molecule has 0 spiro atoms. The number of anilines is 1. The number of aromatic nitrogens is 2. The average molecular weight is 476 g/mol. The molecule has 2 fully saturated rings. The number of likely N-dealkylation sites (tertiary alicyclic amines) is 1. The molecule has 1 saturated carbocycles. The summed E-state index contributed by atoms with van der Waals surface area (Å²) >= 11 is 0. The summed E-state index contributed by atoms with van der Waals surface area (Å²) in [5.41, 5.74) is 8.44. The van der Waals surface area contributed by atoms with Crippen LogP contribution < -0.4 is 20.5 Å². The topological polar surface area (TPSA) is 112 Å². The van der Waals surface area contributed by atoms with Gasteiger partial charge in [-0.05, 0) is 54.8 Å². The molecule has 1 aliphatic carbocycles. The summed E-state index contributed by atoms with van der Waals surface area (Å²) in [4.78, 5) is 26.6. The van der Waals surface area contributed by atoms with Gasteiger partial charge in [0, 0.05) is 50.4 Å². The van der Waals surface area contributed by atoms with E-state index < -0.39 is 5.91 Å². The number of nitrogens with one attached hydrogen (secondary N) is 1. The van der Waals surface area contributed by atoms with Crippen molar-refractivity contribution in [3.8, 4) is 22.6 Å². The lowest BCUT2D eigenvalue weighted by molar-refractivity contribution is 0.0975. The Morgan fingerprint density at radius 3 is 2.31 bits per heavy atom. The second kappa shape index (κ2) is 9.69. The number of nitrogens with zero attached hydrogens (tertiary/aromatic N) is 3. The van der Waals surface area contributed by atoms with E-state index in [1.165, 1.54) is 0 Å². The molecular weight excluding hydrogens is 446 g/mol. The molecule has 1 aliphatic heterocycles. The first-order chi connectivity index (χ1) is 16.9. The number of nitrogens with two attached hydrogens (primary N) is 1. The van der Waals surface area contributed by atoms with Gasteiger partial charge in [0.15, 0.2) is 0 Å². The van der Waals surface area contributed by atoms with E-state index in [9.17, 15) is 9.59 Å². The predicted octanol–water partition coefficient (Wildman–Crippen LogP) is 3.80. The van der Waals surface area contributed by atoms with Crippen molar-refractivity contribution in [1.82, 2.24) is 14.7 Å². The Hall–Kier alpha value is -4.01. The maximum absolute atomic E-state index is 12.7. The van der Waals surface area contributed by atoms with Gasteiger partial charge in [0.2, 0.25) is 0 Å². The van der Waals surface area contributed by atoms with Crippen LogP contribution in [0.15, 0.2) is 54.9 Å². The molecule has 3 aromatic rings. The lowest BCUT2D eigenvalue weighted by Gasteiger charge is -2.32. The fourth-order valence-corrected chi connectivity index (χ4v) is 4.13. The van der Waals surface area contributed by atoms with Crippen molar-refractivity contribution < 1.29 is 19.1 Å². The molecule has 2 aliphatic rings. The summed E-state index contributed by atoms with van der Waals surface area (Å²) in [7, 11) is 1.84. The molecule has 0 bridgehead atoms. The average Bonchev–Trinajstić information content (AvgIpc) is 3.57. The van der Waals surface area contributed by atoms with Crippen LogP contribution in [0.25, 0.3) is 11.1 Å². The minimum atomic E-state index is -0.545. The van der Waals surface area contributed by atoms with Crippen molar-refractivity contribution in [3.05, 3.63) is 60.4 Å². The number of carbonyl (C=O) groups is 2. The Kier molecular flexibility index (Phi) is 6.31. The Labute approximate surface area is 203 Å². The minimum Gasteiger partial charge on any atom is -0.490 e. The van der Waals surface area contributed by atoms with E-state index in [2.05, 4.69) is 10.4 Å². The van der Waals surface area contributed by atoms with Gasteiger partial charge in [-0.2, -0.15) is 5.10 Å². The summed E-state index contributed by atoms with van der Waals surface area (Å²) in [5.74, 6) is 0.741. The predicted molar refractivity (Wildman–Crippen MR) is 131 cm³/mol. The maximum Gasteiger partial charge on any atom is 0.321 e. The van der Waals surface area contributed by atoms with Gasteiger partial charge in [-0.15, -0.1) is 0 Å². The number of primary amides is 1. The van der Waals surface area contributed by atoms with Crippen LogP contribution in [0.1, 0.15) is 36.0 Å². The van der Waals surface area contributed by atoms with Crippen LogP contribution in [-0.4, -0.2) is 51.9 Å². The van der Waals surface area contributed by atoms with Crippen molar-refractivity contribution in [3.63, 3.8) is 0 Å². The second-order valence-corrected chi connectivity index (χ2v) is 9.05. The Morgan fingerprint density at radius 1 is 0.971 bits per heavy atom. The molecule has 5 rings (SSSR count). The number of ether oxygens (including phenoxy) is 2. The van der Waals surface area contributed by atoms with Crippen LogP contribution in [-0.2, 0) is 7.05 Å². The van der Waals surface area contributed by atoms with E-state index >= 15 is 0 Å². The van der Waals surface area contributed by atoms with Crippen LogP contribution in [0.5, 0.6) is 11.5 Å². The summed E-state index contributed by atoms with van der Waals surface area (Å²) in [6.45, 7) is 1.11. The molecule has 1 saturated heterocycles. The van der Waals surface area contributed by atoms with E-state index in [-0.39, 0.29) is 12.1 Å². The zero-order valence-electron chi connectivity index (χ0n) is 19.6. The summed E-state index contributed by atoms with van der Waals surface area (Å²) in [6.07, 6.45) is 7.37. The lowest BCUT2D eigenvalue weighted by atomic mass is 10.0. The molecule has 1 aromatic heterocycles. The monoisotopic (exact) mass is 475 g/mol. The van der Waals surface area contributed by atoms with Gasteiger partial charge in [-0.3, -0.25) is 9.48 Å². The summed E-state index contributed by atoms with van der Waals surface area (Å²) in [5, 5.41) is 7.12. The third-order valence-electron chi connectivity index (χ3n) is 6.24. The number of hydrogen-bond donors (Lipinski definition) is 2. The molecule has 0 unspecified atom stereocenters. The van der Waals surface area contributed by atoms with Gasteiger partial charge in [0.25, 0.3) is 5.91 Å². The van der Waals surface area contributed by atoms with Crippen molar-refractivity contribution in [2.24, 2.45) is 12.8 Å². The number of amides is 3. The number of urea groups is 1. The highest BCUT2D eigenvalue weighted by molar-refractivity contribution is 5.97. The summed E-state index contributed by atoms with van der Waals surface area (Å²) in [6, 6.07) is 12.7. The molecular formula is C26H29N5O4. The van der Waals surface area contributed by atoms with Crippen LogP contribution in [0.4, 0.5) is 10.5 Å². The number of benzene rings is 2. The molecule has 2 heterocycles. The highest BCUT2D eigenvalue weighted by Crippen LogP contribution is 2.29. The molecule has 35 heavy (non-hydrogen) atoms. The van der Waals surface area contributed by atoms with E-state index in [1.807, 2.05) is 43.6 Å². The van der Waals surface area contributed by atoms with Crippen molar-refractivity contribution in [2.75, 3.05) is 18.4 Å². The lowest BCUT2D eigenvalue weighted by Crippen LogP contribution is -2.43. The van der Waals surface area contributed by atoms with Gasteiger partial charge in [-0.1, -0.05) is 6.07 Å². The first kappa shape index (κ1) is 22.8. The van der Waals surface area contributed by atoms with Gasteiger partial charge in [-0.25, -0.2) is 4.79 Å². The number of rotatable bonds is 7. The van der Waals surface area contributed by atoms with Gasteiger partial charge >= 0.3 is 6.03 Å². The highest BCUT2D eigenvalue weighted by atomic mass is 16.5. The molecule has 3 amide bonds. The number of aryl methyl sites for hydroxylation is 1. The standard InChI is InChI=1S/C26H29N5O4/c1-30-16-18(15-28-30)17-2-9-24(23(14-17)25(27)32)35-22-10-12-31(13-11-22)26(33)29-19-3-5-20(6-4-19)34-21-7-8-21/h2-6,9,14-16,21-22H,7-8,10-13H2,1H3,(H2,27,32)(H,29,33). The van der Waals surface area contributed by atoms with Crippen molar-refractivity contribution >= 4 is 17.6 Å². The van der Waals surface area contributed by atoms with Crippen molar-refractivity contribution in [2.45, 2.75) is 37.9 Å². The maximum atomic E-state index is 12.7. The van der Waals surface area contributed by atoms with Crippen LogP contribution in [0.2, 0.25) is 0 Å². The zero-order chi connectivity index (χ0) is 24.4. The third-order valence-corrected chi connectivity index (χ3v) is 6.24. The molecule has 0 atom stereocenters. The minimum absolute atomic E-state index is 0.111. The van der Waals surface area contributed by atoms with Crippen LogP contribution in [0, 0.1) is 0 Å². The SMILES string of the molecule is Cn1cc(-c2ccc(OC3CCN(C(=O)Nc4ccc(OC5CC5)cc4)CC3)c(C(N)=O)c2)cn1. The Balaban J connectivity index is 1.16. The first-order valence-corrected chi connectivity index (χ1v) is 11.9. The molecule has 2 aromatic carbocycles. The smallest absolute Gasteiger partial charge is 0.321 e. The Morgan fingerprint density at radius 2 is 1.69 bits per heavy atom. The molecule has 3 N–H and O–H groups in total. The fraction of sp³-hybridized carbons (Fsp3) is 0.346. The molecule has 9 nitrogen and oxygen atoms in total. The molecule has 9 heteroatoms. The largest absolute Gasteiger partial charge is 0.490 e. The number of piperidine rings is 1. The van der Waals surface area contributed by atoms with Gasteiger partial charge < -0.3 is 25.4 Å².